The molecule has 10 heteroatoms. The van der Waals surface area contributed by atoms with Crippen LogP contribution in [-0.4, -0.2) is 35.1 Å². The SMILES string of the molecule is O=C(NN=CC1C(=O)NC(=O)N(c2ccccc2F)C1=O)c1ccccc1O. The fourth-order valence-corrected chi connectivity index (χ4v) is 2.48. The van der Waals surface area contributed by atoms with E-state index >= 15 is 0 Å². The van der Waals surface area contributed by atoms with Crippen molar-refractivity contribution in [2.45, 2.75) is 0 Å². The number of carbonyl (C=O) groups is 4. The number of urea groups is 1. The lowest BCUT2D eigenvalue weighted by atomic mass is 10.1. The zero-order valence-electron chi connectivity index (χ0n) is 14.1. The molecule has 3 N–H and O–H groups in total. The summed E-state index contributed by atoms with van der Waals surface area (Å²) in [5.41, 5.74) is 1.67. The summed E-state index contributed by atoms with van der Waals surface area (Å²) in [4.78, 5) is 48.9. The molecule has 0 radical (unpaired) electrons. The van der Waals surface area contributed by atoms with Crippen LogP contribution in [0.5, 0.6) is 5.75 Å². The second-order valence-electron chi connectivity index (χ2n) is 5.63. The lowest BCUT2D eigenvalue weighted by Crippen LogP contribution is -2.59. The molecule has 142 valence electrons. The van der Waals surface area contributed by atoms with Crippen molar-refractivity contribution >= 4 is 35.7 Å². The summed E-state index contributed by atoms with van der Waals surface area (Å²) in [7, 11) is 0. The second-order valence-corrected chi connectivity index (χ2v) is 5.63. The smallest absolute Gasteiger partial charge is 0.335 e. The number of hydrazone groups is 1. The number of hydrogen-bond donors (Lipinski definition) is 3. The normalized spacial score (nSPS) is 17.0. The Morgan fingerprint density at radius 3 is 2.54 bits per heavy atom. The fraction of sp³-hybridized carbons (Fsp3) is 0.0556. The molecule has 1 unspecified atom stereocenters. The zero-order valence-corrected chi connectivity index (χ0v) is 14.1. The van der Waals surface area contributed by atoms with Gasteiger partial charge in [-0.15, -0.1) is 0 Å². The third kappa shape index (κ3) is 3.56. The predicted molar refractivity (Wildman–Crippen MR) is 95.0 cm³/mol. The molecule has 2 aromatic carbocycles. The Morgan fingerprint density at radius 1 is 1.14 bits per heavy atom. The maximum atomic E-state index is 14.0. The number of halogens is 1. The summed E-state index contributed by atoms with van der Waals surface area (Å²) in [6.07, 6.45) is 0.815. The van der Waals surface area contributed by atoms with Gasteiger partial charge in [0, 0.05) is 6.21 Å². The summed E-state index contributed by atoms with van der Waals surface area (Å²) in [5, 5.41) is 15.1. The van der Waals surface area contributed by atoms with E-state index in [4.69, 9.17) is 0 Å². The first-order chi connectivity index (χ1) is 13.4. The molecule has 0 bridgehead atoms. The minimum atomic E-state index is -1.57. The van der Waals surface area contributed by atoms with E-state index in [1.807, 2.05) is 5.32 Å². The third-order valence-corrected chi connectivity index (χ3v) is 3.83. The topological polar surface area (TPSA) is 128 Å². The summed E-state index contributed by atoms with van der Waals surface area (Å²) >= 11 is 0. The minimum absolute atomic E-state index is 0.0674. The number of amides is 5. The highest BCUT2D eigenvalue weighted by atomic mass is 19.1. The van der Waals surface area contributed by atoms with Crippen LogP contribution in [0.1, 0.15) is 10.4 Å². The van der Waals surface area contributed by atoms with Gasteiger partial charge >= 0.3 is 6.03 Å². The van der Waals surface area contributed by atoms with Crippen molar-refractivity contribution in [2.75, 3.05) is 4.90 Å². The van der Waals surface area contributed by atoms with E-state index in [0.29, 0.717) is 4.90 Å². The first-order valence-electron chi connectivity index (χ1n) is 7.95. The van der Waals surface area contributed by atoms with Gasteiger partial charge < -0.3 is 5.11 Å². The Labute approximate surface area is 157 Å². The third-order valence-electron chi connectivity index (χ3n) is 3.83. The Kier molecular flexibility index (Phi) is 5.12. The molecule has 0 saturated carbocycles. The minimum Gasteiger partial charge on any atom is -0.507 e. The molecular weight excluding hydrogens is 371 g/mol. The van der Waals surface area contributed by atoms with E-state index in [0.717, 1.165) is 12.3 Å². The number of para-hydroxylation sites is 2. The van der Waals surface area contributed by atoms with E-state index in [2.05, 4.69) is 10.5 Å². The van der Waals surface area contributed by atoms with E-state index < -0.39 is 35.5 Å². The molecule has 1 fully saturated rings. The molecular formula is C18H13FN4O5. The van der Waals surface area contributed by atoms with E-state index in [1.165, 1.54) is 42.5 Å². The Balaban J connectivity index is 1.78. The van der Waals surface area contributed by atoms with Crippen LogP contribution in [0.4, 0.5) is 14.9 Å². The molecule has 1 heterocycles. The molecule has 0 aliphatic carbocycles. The van der Waals surface area contributed by atoms with E-state index in [-0.39, 0.29) is 17.0 Å². The van der Waals surface area contributed by atoms with Crippen molar-refractivity contribution in [3.8, 4) is 5.75 Å². The van der Waals surface area contributed by atoms with Crippen molar-refractivity contribution in [1.82, 2.24) is 10.7 Å². The Bertz CT molecular complexity index is 1010. The van der Waals surface area contributed by atoms with Gasteiger partial charge in [0.25, 0.3) is 11.8 Å². The molecule has 1 atom stereocenters. The number of aromatic hydroxyl groups is 1. The summed E-state index contributed by atoms with van der Waals surface area (Å²) in [6, 6.07) is 9.66. The quantitative estimate of drug-likeness (QED) is 0.414. The average molecular weight is 384 g/mol. The molecule has 9 nitrogen and oxygen atoms in total. The van der Waals surface area contributed by atoms with Crippen LogP contribution in [0, 0.1) is 11.7 Å². The number of phenolic OH excluding ortho intramolecular Hbond substituents is 1. The van der Waals surface area contributed by atoms with Gasteiger partial charge in [0.2, 0.25) is 5.91 Å². The average Bonchev–Trinajstić information content (AvgIpc) is 2.66. The second kappa shape index (κ2) is 7.66. The largest absolute Gasteiger partial charge is 0.507 e. The molecule has 28 heavy (non-hydrogen) atoms. The van der Waals surface area contributed by atoms with Gasteiger partial charge in [0.05, 0.1) is 11.3 Å². The van der Waals surface area contributed by atoms with Crippen LogP contribution in [0.25, 0.3) is 0 Å². The number of anilines is 1. The summed E-state index contributed by atoms with van der Waals surface area (Å²) in [6.45, 7) is 0. The number of phenols is 1. The van der Waals surface area contributed by atoms with Crippen LogP contribution in [0.15, 0.2) is 53.6 Å². The molecule has 3 rings (SSSR count). The number of carbonyl (C=O) groups excluding carboxylic acids is 4. The number of benzene rings is 2. The van der Waals surface area contributed by atoms with Crippen molar-refractivity contribution in [3.63, 3.8) is 0 Å². The highest BCUT2D eigenvalue weighted by molar-refractivity contribution is 6.32. The van der Waals surface area contributed by atoms with E-state index in [9.17, 15) is 28.7 Å². The molecule has 0 aromatic heterocycles. The first kappa shape index (κ1) is 18.7. The highest BCUT2D eigenvalue weighted by Gasteiger charge is 2.41. The van der Waals surface area contributed by atoms with Crippen LogP contribution in [0.2, 0.25) is 0 Å². The van der Waals surface area contributed by atoms with E-state index in [1.54, 1.807) is 0 Å². The van der Waals surface area contributed by atoms with Crippen molar-refractivity contribution in [3.05, 3.63) is 59.9 Å². The number of nitrogens with one attached hydrogen (secondary N) is 2. The van der Waals surface area contributed by atoms with Gasteiger partial charge in [0.15, 0.2) is 5.92 Å². The van der Waals surface area contributed by atoms with Crippen LogP contribution in [-0.2, 0) is 9.59 Å². The Morgan fingerprint density at radius 2 is 1.82 bits per heavy atom. The van der Waals surface area contributed by atoms with Gasteiger partial charge in [-0.25, -0.2) is 19.5 Å². The first-order valence-corrected chi connectivity index (χ1v) is 7.95. The summed E-state index contributed by atoms with van der Waals surface area (Å²) < 4.78 is 14.0. The number of barbiturate groups is 1. The van der Waals surface area contributed by atoms with Crippen LogP contribution in [0.3, 0.4) is 0 Å². The maximum Gasteiger partial charge on any atom is 0.335 e. The molecule has 1 saturated heterocycles. The van der Waals surface area contributed by atoms with Gasteiger partial charge in [-0.1, -0.05) is 24.3 Å². The van der Waals surface area contributed by atoms with Gasteiger partial charge in [-0.3, -0.25) is 19.7 Å². The molecule has 0 spiro atoms. The predicted octanol–water partition coefficient (Wildman–Crippen LogP) is 1.15. The maximum absolute atomic E-state index is 14.0. The number of imide groups is 2. The van der Waals surface area contributed by atoms with Crippen molar-refractivity contribution in [2.24, 2.45) is 11.0 Å². The Hall–Kier alpha value is -4.08. The number of rotatable bonds is 4. The lowest BCUT2D eigenvalue weighted by molar-refractivity contribution is -0.131. The number of hydrogen-bond acceptors (Lipinski definition) is 6. The molecule has 1 aliphatic heterocycles. The monoisotopic (exact) mass is 384 g/mol. The van der Waals surface area contributed by atoms with Crippen LogP contribution < -0.4 is 15.6 Å². The van der Waals surface area contributed by atoms with Gasteiger partial charge in [0.1, 0.15) is 11.6 Å². The van der Waals surface area contributed by atoms with Crippen molar-refractivity contribution < 1.29 is 28.7 Å². The zero-order chi connectivity index (χ0) is 20.3. The fourth-order valence-electron chi connectivity index (χ4n) is 2.48. The summed E-state index contributed by atoms with van der Waals surface area (Å²) in [5.74, 6) is -5.45. The molecule has 2 aromatic rings. The highest BCUT2D eigenvalue weighted by Crippen LogP contribution is 2.23. The van der Waals surface area contributed by atoms with Crippen molar-refractivity contribution in [1.29, 1.82) is 0 Å². The lowest BCUT2D eigenvalue weighted by Gasteiger charge is -2.28. The standard InChI is InChI=1S/C18H13FN4O5/c19-12-6-2-3-7-13(12)23-17(27)11(15(25)21-18(23)28)9-20-22-16(26)10-5-1-4-8-14(10)24/h1-9,11,24H,(H,22,26)(H,21,25,28). The van der Waals surface area contributed by atoms with Gasteiger partial charge in [-0.05, 0) is 24.3 Å². The van der Waals surface area contributed by atoms with Gasteiger partial charge in [-0.2, -0.15) is 5.10 Å². The van der Waals surface area contributed by atoms with Crippen LogP contribution >= 0.6 is 0 Å². The molecule has 5 amide bonds. The number of nitrogens with zero attached hydrogens (tertiary/aromatic N) is 2. The molecule has 1 aliphatic rings.